The SMILES string of the molecule is CC(C)c1nnsc1C(=O)C1CCC(C)C(C)C1. The van der Waals surface area contributed by atoms with Gasteiger partial charge < -0.3 is 0 Å². The standard InChI is InChI=1S/C14H22N2OS/c1-8(2)12-14(18-16-15-12)13(17)11-6-5-9(3)10(4)7-11/h8-11H,5-7H2,1-4H3. The number of Topliss-reactive ketones (excluding diaryl/α,β-unsaturated/α-hetero) is 1. The summed E-state index contributed by atoms with van der Waals surface area (Å²) < 4.78 is 3.96. The van der Waals surface area contributed by atoms with Crippen molar-refractivity contribution in [1.29, 1.82) is 0 Å². The molecule has 4 heteroatoms. The fourth-order valence-electron chi connectivity index (χ4n) is 2.72. The highest BCUT2D eigenvalue weighted by molar-refractivity contribution is 7.08. The molecule has 0 radical (unpaired) electrons. The van der Waals surface area contributed by atoms with Gasteiger partial charge in [0.2, 0.25) is 0 Å². The van der Waals surface area contributed by atoms with Crippen LogP contribution in [0.5, 0.6) is 0 Å². The molecule has 18 heavy (non-hydrogen) atoms. The van der Waals surface area contributed by atoms with Gasteiger partial charge in [-0.3, -0.25) is 4.79 Å². The quantitative estimate of drug-likeness (QED) is 0.779. The van der Waals surface area contributed by atoms with Gasteiger partial charge in [-0.05, 0) is 48.5 Å². The van der Waals surface area contributed by atoms with E-state index in [9.17, 15) is 4.79 Å². The predicted molar refractivity (Wildman–Crippen MR) is 74.0 cm³/mol. The maximum Gasteiger partial charge on any atom is 0.179 e. The Kier molecular flexibility index (Phi) is 4.15. The topological polar surface area (TPSA) is 42.9 Å². The minimum atomic E-state index is 0.191. The van der Waals surface area contributed by atoms with E-state index < -0.39 is 0 Å². The van der Waals surface area contributed by atoms with Crippen molar-refractivity contribution in [3.63, 3.8) is 0 Å². The van der Waals surface area contributed by atoms with Crippen LogP contribution in [0, 0.1) is 17.8 Å². The van der Waals surface area contributed by atoms with Crippen molar-refractivity contribution in [2.45, 2.75) is 52.9 Å². The maximum absolute atomic E-state index is 12.6. The lowest BCUT2D eigenvalue weighted by Gasteiger charge is -2.31. The molecule has 0 N–H and O–H groups in total. The van der Waals surface area contributed by atoms with E-state index in [1.54, 1.807) is 0 Å². The third-order valence-electron chi connectivity index (χ3n) is 4.25. The number of ketones is 1. The van der Waals surface area contributed by atoms with Gasteiger partial charge in [0, 0.05) is 5.92 Å². The molecule has 0 saturated heterocycles. The van der Waals surface area contributed by atoms with E-state index in [0.717, 1.165) is 29.3 Å². The Balaban J connectivity index is 2.14. The lowest BCUT2D eigenvalue weighted by atomic mass is 9.74. The minimum Gasteiger partial charge on any atom is -0.293 e. The van der Waals surface area contributed by atoms with Crippen LogP contribution in [0.1, 0.15) is 68.2 Å². The van der Waals surface area contributed by atoms with Crippen LogP contribution in [-0.4, -0.2) is 15.4 Å². The zero-order valence-electron chi connectivity index (χ0n) is 11.6. The Morgan fingerprint density at radius 2 is 2.00 bits per heavy atom. The minimum absolute atomic E-state index is 0.191. The first-order valence-corrected chi connectivity index (χ1v) is 7.64. The maximum atomic E-state index is 12.6. The van der Waals surface area contributed by atoms with Crippen LogP contribution < -0.4 is 0 Å². The largest absolute Gasteiger partial charge is 0.293 e. The van der Waals surface area contributed by atoms with E-state index in [1.165, 1.54) is 18.0 Å². The summed E-state index contributed by atoms with van der Waals surface area (Å²) >= 11 is 1.27. The van der Waals surface area contributed by atoms with Crippen molar-refractivity contribution in [3.05, 3.63) is 10.6 Å². The predicted octanol–water partition coefficient (Wildman–Crippen LogP) is 3.92. The van der Waals surface area contributed by atoms with E-state index >= 15 is 0 Å². The van der Waals surface area contributed by atoms with Crippen LogP contribution in [-0.2, 0) is 0 Å². The molecule has 1 aromatic heterocycles. The zero-order valence-corrected chi connectivity index (χ0v) is 12.5. The first-order valence-electron chi connectivity index (χ1n) is 6.87. The highest BCUT2D eigenvalue weighted by Crippen LogP contribution is 2.36. The molecule has 1 saturated carbocycles. The second-order valence-corrected chi connectivity index (χ2v) is 6.72. The van der Waals surface area contributed by atoms with Gasteiger partial charge in [0.25, 0.3) is 0 Å². The summed E-state index contributed by atoms with van der Waals surface area (Å²) in [6.45, 7) is 8.69. The fourth-order valence-corrected chi connectivity index (χ4v) is 3.55. The first-order chi connectivity index (χ1) is 8.50. The van der Waals surface area contributed by atoms with Crippen molar-refractivity contribution < 1.29 is 4.79 Å². The molecule has 1 heterocycles. The van der Waals surface area contributed by atoms with Gasteiger partial charge in [0.1, 0.15) is 4.88 Å². The van der Waals surface area contributed by atoms with Crippen LogP contribution in [0.2, 0.25) is 0 Å². The second kappa shape index (κ2) is 5.47. The number of hydrogen-bond acceptors (Lipinski definition) is 4. The number of carbonyl (C=O) groups excluding carboxylic acids is 1. The molecule has 1 aromatic rings. The van der Waals surface area contributed by atoms with Gasteiger partial charge in [-0.1, -0.05) is 32.2 Å². The lowest BCUT2D eigenvalue weighted by Crippen LogP contribution is -2.26. The van der Waals surface area contributed by atoms with Gasteiger partial charge in [-0.15, -0.1) is 5.10 Å². The van der Waals surface area contributed by atoms with Gasteiger partial charge in [-0.25, -0.2) is 0 Å². The van der Waals surface area contributed by atoms with Crippen molar-refractivity contribution in [2.24, 2.45) is 17.8 Å². The van der Waals surface area contributed by atoms with Crippen molar-refractivity contribution in [1.82, 2.24) is 9.59 Å². The molecule has 3 atom stereocenters. The van der Waals surface area contributed by atoms with Gasteiger partial charge in [0.15, 0.2) is 5.78 Å². The summed E-state index contributed by atoms with van der Waals surface area (Å²) in [6, 6.07) is 0. The van der Waals surface area contributed by atoms with Crippen molar-refractivity contribution >= 4 is 17.3 Å². The molecule has 3 nitrogen and oxygen atoms in total. The van der Waals surface area contributed by atoms with Gasteiger partial charge in [-0.2, -0.15) is 0 Å². The number of hydrogen-bond donors (Lipinski definition) is 0. The summed E-state index contributed by atoms with van der Waals surface area (Å²) in [6.07, 6.45) is 3.22. The van der Waals surface area contributed by atoms with Crippen LogP contribution in [0.25, 0.3) is 0 Å². The Morgan fingerprint density at radius 3 is 2.61 bits per heavy atom. The van der Waals surface area contributed by atoms with Crippen LogP contribution >= 0.6 is 11.5 Å². The highest BCUT2D eigenvalue weighted by Gasteiger charge is 2.32. The Morgan fingerprint density at radius 1 is 1.28 bits per heavy atom. The molecular formula is C14H22N2OS. The monoisotopic (exact) mass is 266 g/mol. The number of carbonyl (C=O) groups is 1. The van der Waals surface area contributed by atoms with E-state index in [-0.39, 0.29) is 17.6 Å². The second-order valence-electron chi connectivity index (χ2n) is 5.97. The number of nitrogens with zero attached hydrogens (tertiary/aromatic N) is 2. The Bertz CT molecular complexity index is 427. The summed E-state index contributed by atoms with van der Waals surface area (Å²) in [5.74, 6) is 2.15. The molecule has 1 fully saturated rings. The third-order valence-corrected chi connectivity index (χ3v) is 5.01. The molecule has 0 bridgehead atoms. The van der Waals surface area contributed by atoms with E-state index in [4.69, 9.17) is 0 Å². The molecule has 0 spiro atoms. The average molecular weight is 266 g/mol. The molecule has 0 aromatic carbocycles. The average Bonchev–Trinajstić information content (AvgIpc) is 2.81. The molecule has 1 aliphatic rings. The van der Waals surface area contributed by atoms with E-state index in [2.05, 4.69) is 37.3 Å². The fraction of sp³-hybridized carbons (Fsp3) is 0.786. The molecule has 2 rings (SSSR count). The molecule has 1 aliphatic carbocycles. The molecule has 100 valence electrons. The summed E-state index contributed by atoms with van der Waals surface area (Å²) in [5.41, 5.74) is 0.885. The van der Waals surface area contributed by atoms with E-state index in [0.29, 0.717) is 5.92 Å². The smallest absolute Gasteiger partial charge is 0.179 e. The first kappa shape index (κ1) is 13.7. The third kappa shape index (κ3) is 2.63. The summed E-state index contributed by atoms with van der Waals surface area (Å²) in [4.78, 5) is 13.4. The van der Waals surface area contributed by atoms with Crippen molar-refractivity contribution in [2.75, 3.05) is 0 Å². The molecule has 0 amide bonds. The molecule has 3 unspecified atom stereocenters. The van der Waals surface area contributed by atoms with Crippen LogP contribution in [0.3, 0.4) is 0 Å². The molecular weight excluding hydrogens is 244 g/mol. The lowest BCUT2D eigenvalue weighted by molar-refractivity contribution is 0.0840. The van der Waals surface area contributed by atoms with Crippen LogP contribution in [0.15, 0.2) is 0 Å². The Hall–Kier alpha value is -0.770. The van der Waals surface area contributed by atoms with Gasteiger partial charge in [0.05, 0.1) is 5.69 Å². The van der Waals surface area contributed by atoms with Crippen molar-refractivity contribution in [3.8, 4) is 0 Å². The number of rotatable bonds is 3. The Labute approximate surface area is 113 Å². The van der Waals surface area contributed by atoms with E-state index in [1.807, 2.05) is 0 Å². The van der Waals surface area contributed by atoms with Crippen LogP contribution in [0.4, 0.5) is 0 Å². The summed E-state index contributed by atoms with van der Waals surface area (Å²) in [7, 11) is 0. The highest BCUT2D eigenvalue weighted by atomic mass is 32.1. The zero-order chi connectivity index (χ0) is 13.3. The number of aromatic nitrogens is 2. The van der Waals surface area contributed by atoms with Gasteiger partial charge >= 0.3 is 0 Å². The molecule has 0 aliphatic heterocycles. The normalized spacial score (nSPS) is 28.6. The summed E-state index contributed by atoms with van der Waals surface area (Å²) in [5, 5.41) is 4.11.